The Labute approximate surface area is 166 Å². The van der Waals surface area contributed by atoms with E-state index < -0.39 is 11.8 Å². The lowest BCUT2D eigenvalue weighted by Gasteiger charge is -2.27. The molecule has 6 heteroatoms. The van der Waals surface area contributed by atoms with Gasteiger partial charge in [-0.15, -0.1) is 17.9 Å². The molecule has 4 nitrogen and oxygen atoms in total. The summed E-state index contributed by atoms with van der Waals surface area (Å²) in [5.41, 5.74) is 3.76. The van der Waals surface area contributed by atoms with Crippen LogP contribution in [0.2, 0.25) is 0 Å². The number of fused-ring (bicyclic) bond motifs is 2. The second-order valence-electron chi connectivity index (χ2n) is 6.27. The molecule has 1 aromatic carbocycles. The van der Waals surface area contributed by atoms with Crippen LogP contribution in [-0.2, 0) is 16.0 Å². The van der Waals surface area contributed by atoms with Crippen molar-refractivity contribution in [3.05, 3.63) is 75.0 Å². The van der Waals surface area contributed by atoms with Gasteiger partial charge >= 0.3 is 0 Å². The normalized spacial score (nSPS) is 17.4. The van der Waals surface area contributed by atoms with E-state index in [1.165, 1.54) is 21.6 Å². The number of hydrogen-bond donors (Lipinski definition) is 1. The van der Waals surface area contributed by atoms with Gasteiger partial charge in [0.2, 0.25) is 0 Å². The summed E-state index contributed by atoms with van der Waals surface area (Å²) in [5.74, 6) is -0.858. The van der Waals surface area contributed by atoms with Crippen molar-refractivity contribution >= 4 is 58.7 Å². The van der Waals surface area contributed by atoms with Gasteiger partial charge in [0.15, 0.2) is 5.11 Å². The largest absolute Gasteiger partial charge is 0.298 e. The Morgan fingerprint density at radius 3 is 2.85 bits per heavy atom. The molecule has 0 spiro atoms. The van der Waals surface area contributed by atoms with Gasteiger partial charge in [0.25, 0.3) is 11.8 Å². The lowest BCUT2D eigenvalue weighted by Crippen LogP contribution is -2.53. The predicted molar refractivity (Wildman–Crippen MR) is 113 cm³/mol. The predicted octanol–water partition coefficient (Wildman–Crippen LogP) is 3.64. The number of hydrogen-bond acceptors (Lipinski definition) is 4. The van der Waals surface area contributed by atoms with Crippen molar-refractivity contribution in [1.82, 2.24) is 10.2 Å². The Bertz CT molecular complexity index is 1050. The lowest BCUT2D eigenvalue weighted by molar-refractivity contribution is -0.128. The van der Waals surface area contributed by atoms with Crippen molar-refractivity contribution in [2.24, 2.45) is 0 Å². The minimum atomic E-state index is -0.463. The highest BCUT2D eigenvalue weighted by atomic mass is 32.1. The molecular weight excluding hydrogens is 376 g/mol. The number of thiophene rings is 1. The molecule has 1 saturated heterocycles. The molecule has 1 aromatic heterocycles. The maximum Gasteiger partial charge on any atom is 0.265 e. The third-order valence-electron chi connectivity index (χ3n) is 4.50. The summed E-state index contributed by atoms with van der Waals surface area (Å²) in [6, 6.07) is 10.3. The summed E-state index contributed by atoms with van der Waals surface area (Å²) >= 11 is 6.64. The number of carbonyl (C=O) groups is 2. The average molecular weight is 393 g/mol. The van der Waals surface area contributed by atoms with Crippen LogP contribution in [0, 0.1) is 0 Å². The second-order valence-corrected chi connectivity index (χ2v) is 7.77. The maximum atomic E-state index is 12.7. The zero-order chi connectivity index (χ0) is 19.0. The smallest absolute Gasteiger partial charge is 0.265 e. The minimum absolute atomic E-state index is 0.0891. The SMILES string of the molecule is C=CCN1C(=O)/C(=C/c2cc3c(s2)C=Cc2ccccc2C3)C(=O)NC1=S. The van der Waals surface area contributed by atoms with Crippen molar-refractivity contribution < 1.29 is 9.59 Å². The first-order valence-corrected chi connectivity index (χ1v) is 9.68. The molecule has 27 heavy (non-hydrogen) atoms. The van der Waals surface area contributed by atoms with Crippen LogP contribution in [0.25, 0.3) is 18.2 Å². The number of nitrogens with zero attached hydrogens (tertiary/aromatic N) is 1. The molecule has 0 bridgehead atoms. The zero-order valence-corrected chi connectivity index (χ0v) is 16.0. The first-order valence-electron chi connectivity index (χ1n) is 8.45. The average Bonchev–Trinajstić information content (AvgIpc) is 2.94. The number of carbonyl (C=O) groups excluding carboxylic acids is 2. The minimum Gasteiger partial charge on any atom is -0.298 e. The molecule has 0 radical (unpaired) electrons. The van der Waals surface area contributed by atoms with Crippen LogP contribution in [0.4, 0.5) is 0 Å². The first kappa shape index (κ1) is 17.6. The monoisotopic (exact) mass is 392 g/mol. The van der Waals surface area contributed by atoms with Gasteiger partial charge in [-0.05, 0) is 53.5 Å². The van der Waals surface area contributed by atoms with Crippen LogP contribution >= 0.6 is 23.6 Å². The van der Waals surface area contributed by atoms with E-state index >= 15 is 0 Å². The van der Waals surface area contributed by atoms with E-state index in [0.717, 1.165) is 16.2 Å². The van der Waals surface area contributed by atoms with Gasteiger partial charge in [-0.2, -0.15) is 0 Å². The highest BCUT2D eigenvalue weighted by Gasteiger charge is 2.32. The van der Waals surface area contributed by atoms with E-state index in [9.17, 15) is 9.59 Å². The van der Waals surface area contributed by atoms with E-state index in [1.54, 1.807) is 23.5 Å². The van der Waals surface area contributed by atoms with E-state index in [1.807, 2.05) is 18.2 Å². The van der Waals surface area contributed by atoms with Crippen LogP contribution in [0.3, 0.4) is 0 Å². The van der Waals surface area contributed by atoms with E-state index in [4.69, 9.17) is 12.2 Å². The van der Waals surface area contributed by atoms with Gasteiger partial charge in [-0.1, -0.05) is 36.4 Å². The molecule has 2 aliphatic rings. The van der Waals surface area contributed by atoms with Crippen molar-refractivity contribution in [2.45, 2.75) is 6.42 Å². The molecule has 1 aliphatic heterocycles. The fourth-order valence-corrected chi connectivity index (χ4v) is 4.46. The lowest BCUT2D eigenvalue weighted by atomic mass is 10.0. The Balaban J connectivity index is 1.68. The highest BCUT2D eigenvalue weighted by molar-refractivity contribution is 7.80. The number of rotatable bonds is 3. The molecular formula is C21H16N2O2S2. The first-order chi connectivity index (χ1) is 13.1. The number of amides is 2. The van der Waals surface area contributed by atoms with Crippen molar-refractivity contribution in [3.8, 4) is 0 Å². The summed E-state index contributed by atoms with van der Waals surface area (Å²) < 4.78 is 0. The van der Waals surface area contributed by atoms with Gasteiger partial charge in [-0.3, -0.25) is 19.8 Å². The Hall–Kier alpha value is -2.83. The van der Waals surface area contributed by atoms with Gasteiger partial charge in [0.1, 0.15) is 5.57 Å². The molecule has 0 saturated carbocycles. The molecule has 4 rings (SSSR count). The molecule has 2 heterocycles. The summed E-state index contributed by atoms with van der Waals surface area (Å²) in [7, 11) is 0. The molecule has 2 amide bonds. The van der Waals surface area contributed by atoms with Gasteiger partial charge in [-0.25, -0.2) is 0 Å². The van der Waals surface area contributed by atoms with E-state index in [0.29, 0.717) is 0 Å². The molecule has 2 aromatic rings. The quantitative estimate of drug-likeness (QED) is 0.320. The highest BCUT2D eigenvalue weighted by Crippen LogP contribution is 2.32. The molecule has 1 fully saturated rings. The fraction of sp³-hybridized carbons (Fsp3) is 0.0952. The summed E-state index contributed by atoms with van der Waals surface area (Å²) in [6.45, 7) is 3.89. The molecule has 0 atom stereocenters. The van der Waals surface area contributed by atoms with Crippen molar-refractivity contribution in [3.63, 3.8) is 0 Å². The topological polar surface area (TPSA) is 49.4 Å². The van der Waals surface area contributed by atoms with E-state index in [-0.39, 0.29) is 17.2 Å². The summed E-state index contributed by atoms with van der Waals surface area (Å²) in [6.07, 6.45) is 8.25. The number of nitrogens with one attached hydrogen (secondary N) is 1. The molecule has 0 unspecified atom stereocenters. The third-order valence-corrected chi connectivity index (χ3v) is 5.91. The van der Waals surface area contributed by atoms with Gasteiger partial charge in [0.05, 0.1) is 0 Å². The maximum absolute atomic E-state index is 12.7. The number of benzene rings is 1. The van der Waals surface area contributed by atoms with Crippen LogP contribution < -0.4 is 5.32 Å². The van der Waals surface area contributed by atoms with Crippen LogP contribution in [0.1, 0.15) is 26.4 Å². The van der Waals surface area contributed by atoms with E-state index in [2.05, 4.69) is 36.2 Å². The van der Waals surface area contributed by atoms with Crippen LogP contribution in [0.15, 0.2) is 48.6 Å². The Kier molecular flexibility index (Phi) is 4.59. The van der Waals surface area contributed by atoms with Gasteiger partial charge < -0.3 is 0 Å². The zero-order valence-electron chi connectivity index (χ0n) is 14.4. The standard InChI is InChI=1S/C21H16N2O2S2/c1-2-9-23-20(25)17(19(24)22-21(23)26)12-16-11-15-10-14-6-4-3-5-13(14)7-8-18(15)27-16/h2-8,11-12H,1,9-10H2,(H,22,24,26)/b17-12+. The second kappa shape index (κ2) is 7.06. The Morgan fingerprint density at radius 2 is 2.04 bits per heavy atom. The summed E-state index contributed by atoms with van der Waals surface area (Å²) in [5, 5.41) is 2.69. The molecule has 1 N–H and O–H groups in total. The molecule has 134 valence electrons. The van der Waals surface area contributed by atoms with Gasteiger partial charge in [0, 0.05) is 16.3 Å². The number of thiocarbonyl (C=S) groups is 1. The fourth-order valence-electron chi connectivity index (χ4n) is 3.17. The van der Waals surface area contributed by atoms with Crippen molar-refractivity contribution in [2.75, 3.05) is 6.54 Å². The Morgan fingerprint density at radius 1 is 1.22 bits per heavy atom. The molecule has 1 aliphatic carbocycles. The van der Waals surface area contributed by atoms with Crippen molar-refractivity contribution in [1.29, 1.82) is 0 Å². The van der Waals surface area contributed by atoms with Crippen LogP contribution in [0.5, 0.6) is 0 Å². The third kappa shape index (κ3) is 3.29. The summed E-state index contributed by atoms with van der Waals surface area (Å²) in [4.78, 5) is 28.3. The van der Waals surface area contributed by atoms with Crippen LogP contribution in [-0.4, -0.2) is 28.4 Å².